The Hall–Kier alpha value is -1.58. The van der Waals surface area contributed by atoms with Gasteiger partial charge in [0.25, 0.3) is 11.8 Å². The van der Waals surface area contributed by atoms with Crippen LogP contribution in [0.5, 0.6) is 0 Å². The number of fused-ring (bicyclic) bond motifs is 1. The lowest BCUT2D eigenvalue weighted by atomic mass is 9.89. The monoisotopic (exact) mass is 356 g/mol. The molecule has 0 atom stereocenters. The van der Waals surface area contributed by atoms with Gasteiger partial charge in [-0.25, -0.2) is 0 Å². The summed E-state index contributed by atoms with van der Waals surface area (Å²) in [7, 11) is 0. The van der Waals surface area contributed by atoms with Crippen LogP contribution in [0.25, 0.3) is 0 Å². The van der Waals surface area contributed by atoms with Gasteiger partial charge in [0, 0.05) is 11.4 Å². The molecule has 142 valence electrons. The lowest BCUT2D eigenvalue weighted by Gasteiger charge is -2.19. The van der Waals surface area contributed by atoms with Gasteiger partial charge in [0.1, 0.15) is 0 Å². The van der Waals surface area contributed by atoms with E-state index in [4.69, 9.17) is 0 Å². The Morgan fingerprint density at radius 3 is 1.15 bits per heavy atom. The molecule has 0 aromatic carbocycles. The number of allylic oxidation sites excluding steroid dienone is 2. The molecule has 4 aliphatic rings. The third kappa shape index (κ3) is 3.47. The number of rotatable bonds is 2. The van der Waals surface area contributed by atoms with E-state index in [2.05, 4.69) is 10.6 Å². The smallest absolute Gasteiger partial charge is 0.258 e. The maximum atomic E-state index is 12.8. The number of hydrogen-bond acceptors (Lipinski definition) is 2. The lowest BCUT2D eigenvalue weighted by Crippen LogP contribution is -2.28. The molecule has 0 saturated heterocycles. The van der Waals surface area contributed by atoms with Crippen molar-refractivity contribution in [1.82, 2.24) is 10.6 Å². The molecule has 2 N–H and O–H groups in total. The first-order chi connectivity index (χ1) is 12.8. The van der Waals surface area contributed by atoms with Gasteiger partial charge in [-0.05, 0) is 37.5 Å². The van der Waals surface area contributed by atoms with Gasteiger partial charge >= 0.3 is 0 Å². The average Bonchev–Trinajstić information content (AvgIpc) is 3.06. The molecule has 26 heavy (non-hydrogen) atoms. The zero-order valence-electron chi connectivity index (χ0n) is 15.9. The van der Waals surface area contributed by atoms with Crippen LogP contribution in [0.15, 0.2) is 22.5 Å². The van der Waals surface area contributed by atoms with Crippen molar-refractivity contribution in [3.05, 3.63) is 22.5 Å². The molecule has 2 aliphatic carbocycles. The average molecular weight is 357 g/mol. The molecular weight excluding hydrogens is 324 g/mol. The van der Waals surface area contributed by atoms with E-state index >= 15 is 0 Å². The van der Waals surface area contributed by atoms with Gasteiger partial charge in [-0.1, -0.05) is 64.2 Å². The summed E-state index contributed by atoms with van der Waals surface area (Å²) in [4.78, 5) is 25.6. The van der Waals surface area contributed by atoms with E-state index in [-0.39, 0.29) is 11.8 Å². The van der Waals surface area contributed by atoms with E-state index in [1.807, 2.05) is 0 Å². The minimum atomic E-state index is -0.0348. The Bertz CT molecular complexity index is 629. The Morgan fingerprint density at radius 1 is 0.500 bits per heavy atom. The molecule has 2 fully saturated rings. The van der Waals surface area contributed by atoms with Gasteiger partial charge in [-0.3, -0.25) is 9.59 Å². The fourth-order valence-electron chi connectivity index (χ4n) is 5.34. The van der Waals surface area contributed by atoms with Crippen molar-refractivity contribution < 1.29 is 9.59 Å². The number of hydrogen-bond donors (Lipinski definition) is 2. The third-order valence-corrected chi connectivity index (χ3v) is 6.77. The Labute approximate surface area is 156 Å². The fourth-order valence-corrected chi connectivity index (χ4v) is 5.34. The van der Waals surface area contributed by atoms with Crippen LogP contribution >= 0.6 is 0 Å². The molecule has 0 aromatic rings. The standard InChI is InChI=1S/C22H32N2O2/c25-21-17-18(20(24-21)16-13-9-5-6-10-14-16)22(26)23-19(17)15-11-7-3-1-2-4-8-12-15/h15-16H,1-14H2,(H,23,26)(H,24,25). The number of carbonyl (C=O) groups excluding carboxylic acids is 2. The maximum absolute atomic E-state index is 12.8. The predicted octanol–water partition coefficient (Wildman–Crippen LogP) is 4.48. The number of nitrogens with one attached hydrogen (secondary N) is 2. The molecular formula is C22H32N2O2. The first kappa shape index (κ1) is 17.8. The zero-order chi connectivity index (χ0) is 17.9. The van der Waals surface area contributed by atoms with E-state index in [1.165, 1.54) is 64.2 Å². The summed E-state index contributed by atoms with van der Waals surface area (Å²) in [5.74, 6) is 0.614. The van der Waals surface area contributed by atoms with Gasteiger partial charge < -0.3 is 10.6 Å². The van der Waals surface area contributed by atoms with Gasteiger partial charge in [0.15, 0.2) is 0 Å². The minimum absolute atomic E-state index is 0.0348. The van der Waals surface area contributed by atoms with Crippen LogP contribution in [0.4, 0.5) is 0 Å². The predicted molar refractivity (Wildman–Crippen MR) is 102 cm³/mol. The van der Waals surface area contributed by atoms with E-state index in [1.54, 1.807) is 0 Å². The van der Waals surface area contributed by atoms with E-state index in [0.717, 1.165) is 37.1 Å². The summed E-state index contributed by atoms with van der Waals surface area (Å²) in [6.45, 7) is 0. The Morgan fingerprint density at radius 2 is 0.808 bits per heavy atom. The highest BCUT2D eigenvalue weighted by molar-refractivity contribution is 6.19. The molecule has 2 heterocycles. The lowest BCUT2D eigenvalue weighted by molar-refractivity contribution is -0.117. The van der Waals surface area contributed by atoms with Crippen molar-refractivity contribution in [2.45, 2.75) is 89.9 Å². The maximum Gasteiger partial charge on any atom is 0.258 e. The summed E-state index contributed by atoms with van der Waals surface area (Å²) < 4.78 is 0. The van der Waals surface area contributed by atoms with Crippen LogP contribution in [-0.4, -0.2) is 11.8 Å². The highest BCUT2D eigenvalue weighted by Crippen LogP contribution is 2.40. The van der Waals surface area contributed by atoms with Gasteiger partial charge in [-0.2, -0.15) is 0 Å². The Kier molecular flexibility index (Phi) is 5.46. The molecule has 2 saturated carbocycles. The van der Waals surface area contributed by atoms with E-state index in [9.17, 15) is 9.59 Å². The minimum Gasteiger partial charge on any atom is -0.325 e. The quantitative estimate of drug-likeness (QED) is 0.717. The van der Waals surface area contributed by atoms with Crippen LogP contribution in [0, 0.1) is 11.8 Å². The molecule has 0 unspecified atom stereocenters. The van der Waals surface area contributed by atoms with Crippen LogP contribution in [-0.2, 0) is 9.59 Å². The van der Waals surface area contributed by atoms with Crippen LogP contribution < -0.4 is 10.6 Å². The SMILES string of the molecule is O=C1NC(C2CCCCCC2)=C2C(=O)NC(C3CCCCCCCC3)=C12. The van der Waals surface area contributed by atoms with Crippen molar-refractivity contribution in [1.29, 1.82) is 0 Å². The third-order valence-electron chi connectivity index (χ3n) is 6.77. The molecule has 4 nitrogen and oxygen atoms in total. The van der Waals surface area contributed by atoms with Crippen LogP contribution in [0.1, 0.15) is 89.9 Å². The molecule has 2 amide bonds. The summed E-state index contributed by atoms with van der Waals surface area (Å²) in [5.41, 5.74) is 3.26. The molecule has 0 bridgehead atoms. The summed E-state index contributed by atoms with van der Waals surface area (Å²) in [5, 5.41) is 6.25. The fraction of sp³-hybridized carbons (Fsp3) is 0.727. The first-order valence-electron chi connectivity index (χ1n) is 10.9. The Balaban J connectivity index is 1.64. The molecule has 0 radical (unpaired) electrons. The van der Waals surface area contributed by atoms with E-state index in [0.29, 0.717) is 23.0 Å². The molecule has 4 heteroatoms. The molecule has 0 spiro atoms. The second-order valence-electron chi connectivity index (χ2n) is 8.57. The second kappa shape index (κ2) is 7.98. The number of amides is 2. The normalized spacial score (nSPS) is 26.8. The van der Waals surface area contributed by atoms with Crippen molar-refractivity contribution >= 4 is 11.8 Å². The van der Waals surface area contributed by atoms with Gasteiger partial charge in [0.05, 0.1) is 11.1 Å². The molecule has 4 rings (SSSR count). The first-order valence-corrected chi connectivity index (χ1v) is 10.9. The largest absolute Gasteiger partial charge is 0.325 e. The van der Waals surface area contributed by atoms with Crippen molar-refractivity contribution in [3.8, 4) is 0 Å². The van der Waals surface area contributed by atoms with Crippen molar-refractivity contribution in [2.75, 3.05) is 0 Å². The highest BCUT2D eigenvalue weighted by atomic mass is 16.2. The summed E-state index contributed by atoms with van der Waals surface area (Å²) >= 11 is 0. The summed E-state index contributed by atoms with van der Waals surface area (Å²) in [6.07, 6.45) is 16.9. The topological polar surface area (TPSA) is 58.2 Å². The van der Waals surface area contributed by atoms with Crippen molar-refractivity contribution in [3.63, 3.8) is 0 Å². The summed E-state index contributed by atoms with van der Waals surface area (Å²) in [6, 6.07) is 0. The highest BCUT2D eigenvalue weighted by Gasteiger charge is 2.43. The zero-order valence-corrected chi connectivity index (χ0v) is 15.9. The molecule has 2 aliphatic heterocycles. The number of carbonyl (C=O) groups is 2. The molecule has 0 aromatic heterocycles. The van der Waals surface area contributed by atoms with Crippen LogP contribution in [0.2, 0.25) is 0 Å². The second-order valence-corrected chi connectivity index (χ2v) is 8.57. The van der Waals surface area contributed by atoms with Crippen molar-refractivity contribution in [2.24, 2.45) is 11.8 Å². The van der Waals surface area contributed by atoms with E-state index < -0.39 is 0 Å². The van der Waals surface area contributed by atoms with Gasteiger partial charge in [-0.15, -0.1) is 0 Å². The van der Waals surface area contributed by atoms with Gasteiger partial charge in [0.2, 0.25) is 0 Å². The van der Waals surface area contributed by atoms with Crippen LogP contribution in [0.3, 0.4) is 0 Å².